The number of nitrogens with one attached hydrogen (secondary N) is 1. The van der Waals surface area contributed by atoms with Crippen LogP contribution in [0.15, 0.2) is 42.6 Å². The normalized spacial score (nSPS) is 15.2. The van der Waals surface area contributed by atoms with Crippen LogP contribution in [0.25, 0.3) is 6.08 Å². The predicted octanol–water partition coefficient (Wildman–Crippen LogP) is 4.86. The summed E-state index contributed by atoms with van der Waals surface area (Å²) in [5.41, 5.74) is 1.73. The van der Waals surface area contributed by atoms with Crippen LogP contribution in [0, 0.1) is 0 Å². The van der Waals surface area contributed by atoms with Crippen LogP contribution in [0.3, 0.4) is 0 Å². The Hall–Kier alpha value is -3.55. The topological polar surface area (TPSA) is 101 Å². The summed E-state index contributed by atoms with van der Waals surface area (Å²) in [5, 5.41) is 12.2. The highest BCUT2D eigenvalue weighted by molar-refractivity contribution is 5.84. The molecule has 8 nitrogen and oxygen atoms in total. The van der Waals surface area contributed by atoms with Crippen LogP contribution in [-0.2, 0) is 15.9 Å². The molecule has 0 fully saturated rings. The first-order valence-corrected chi connectivity index (χ1v) is 10.1. The molecule has 0 aliphatic carbocycles. The van der Waals surface area contributed by atoms with Crippen molar-refractivity contribution < 1.29 is 24.2 Å². The lowest BCUT2D eigenvalue weighted by Gasteiger charge is -2.32. The van der Waals surface area contributed by atoms with Gasteiger partial charge in [0.05, 0.1) is 18.3 Å². The maximum atomic E-state index is 12.6. The summed E-state index contributed by atoms with van der Waals surface area (Å²) >= 11 is 0. The molecular formula is C23H27N3O5. The average molecular weight is 425 g/mol. The summed E-state index contributed by atoms with van der Waals surface area (Å²) in [4.78, 5) is 30.8. The number of nitrogens with zero attached hydrogens (tertiary/aromatic N) is 2. The maximum Gasteiger partial charge on any atom is 0.414 e. The van der Waals surface area contributed by atoms with E-state index in [1.54, 1.807) is 70.3 Å². The summed E-state index contributed by atoms with van der Waals surface area (Å²) in [5.74, 6) is 0.486. The van der Waals surface area contributed by atoms with Gasteiger partial charge in [0.15, 0.2) is 0 Å². The van der Waals surface area contributed by atoms with Gasteiger partial charge in [0.25, 0.3) is 0 Å². The Morgan fingerprint density at radius 1 is 1.16 bits per heavy atom. The fraction of sp³-hybridized carbons (Fsp3) is 0.348. The van der Waals surface area contributed by atoms with Gasteiger partial charge in [-0.25, -0.2) is 14.6 Å². The van der Waals surface area contributed by atoms with E-state index in [0.29, 0.717) is 17.9 Å². The van der Waals surface area contributed by atoms with Gasteiger partial charge in [-0.3, -0.25) is 10.2 Å². The Bertz CT molecular complexity index is 980. The Labute approximate surface area is 181 Å². The molecule has 1 atom stereocenters. The van der Waals surface area contributed by atoms with E-state index >= 15 is 0 Å². The number of carbonyl (C=O) groups is 2. The highest BCUT2D eigenvalue weighted by atomic mass is 16.6. The SMILES string of the molecule is CCOC(=O)N1C=Cc2ccc(NC(=O)OC(C)(C)C)nc2C1Cc1ccc(O)cc1. The maximum absolute atomic E-state index is 12.6. The molecule has 0 bridgehead atoms. The van der Waals surface area contributed by atoms with Crippen molar-refractivity contribution in [2.45, 2.75) is 45.8 Å². The minimum absolute atomic E-state index is 0.164. The molecule has 1 aliphatic heterocycles. The molecule has 2 amide bonds. The van der Waals surface area contributed by atoms with E-state index in [-0.39, 0.29) is 12.4 Å². The number of rotatable bonds is 4. The van der Waals surface area contributed by atoms with Gasteiger partial charge < -0.3 is 14.6 Å². The minimum Gasteiger partial charge on any atom is -0.508 e. The molecule has 1 aromatic heterocycles. The molecule has 2 N–H and O–H groups in total. The van der Waals surface area contributed by atoms with Crippen molar-refractivity contribution in [3.63, 3.8) is 0 Å². The van der Waals surface area contributed by atoms with Gasteiger partial charge >= 0.3 is 12.2 Å². The lowest BCUT2D eigenvalue weighted by molar-refractivity contribution is 0.0634. The van der Waals surface area contributed by atoms with Gasteiger partial charge in [-0.05, 0) is 75.6 Å². The van der Waals surface area contributed by atoms with Crippen LogP contribution in [0.2, 0.25) is 0 Å². The molecule has 164 valence electrons. The molecule has 1 aromatic carbocycles. The van der Waals surface area contributed by atoms with E-state index in [1.165, 1.54) is 4.90 Å². The summed E-state index contributed by atoms with van der Waals surface area (Å²) in [6.07, 6.45) is 2.81. The lowest BCUT2D eigenvalue weighted by Crippen LogP contribution is -2.35. The smallest absolute Gasteiger partial charge is 0.414 e. The molecule has 3 rings (SSSR count). The van der Waals surface area contributed by atoms with Crippen molar-refractivity contribution in [3.8, 4) is 5.75 Å². The number of carbonyl (C=O) groups excluding carboxylic acids is 2. The second kappa shape index (κ2) is 9.07. The van der Waals surface area contributed by atoms with Crippen LogP contribution < -0.4 is 5.32 Å². The zero-order valence-corrected chi connectivity index (χ0v) is 18.1. The van der Waals surface area contributed by atoms with Crippen molar-refractivity contribution in [1.29, 1.82) is 0 Å². The van der Waals surface area contributed by atoms with E-state index in [4.69, 9.17) is 9.47 Å². The predicted molar refractivity (Wildman–Crippen MR) is 117 cm³/mol. The first-order chi connectivity index (χ1) is 14.7. The number of fused-ring (bicyclic) bond motifs is 1. The van der Waals surface area contributed by atoms with Crippen LogP contribution in [-0.4, -0.2) is 39.4 Å². The number of hydrogen-bond donors (Lipinski definition) is 2. The number of aromatic hydroxyl groups is 1. The van der Waals surface area contributed by atoms with E-state index in [0.717, 1.165) is 11.1 Å². The second-order valence-corrected chi connectivity index (χ2v) is 8.11. The first-order valence-electron chi connectivity index (χ1n) is 10.1. The van der Waals surface area contributed by atoms with E-state index < -0.39 is 23.8 Å². The number of hydrogen-bond acceptors (Lipinski definition) is 6. The highest BCUT2D eigenvalue weighted by Gasteiger charge is 2.31. The molecular weight excluding hydrogens is 398 g/mol. The van der Waals surface area contributed by atoms with E-state index in [1.807, 2.05) is 6.07 Å². The van der Waals surface area contributed by atoms with Crippen molar-refractivity contribution in [2.24, 2.45) is 0 Å². The van der Waals surface area contributed by atoms with Crippen molar-refractivity contribution in [3.05, 3.63) is 59.4 Å². The van der Waals surface area contributed by atoms with Gasteiger partial charge in [0.1, 0.15) is 17.2 Å². The summed E-state index contributed by atoms with van der Waals surface area (Å²) in [6.45, 7) is 7.33. The fourth-order valence-electron chi connectivity index (χ4n) is 3.20. The molecule has 8 heteroatoms. The van der Waals surface area contributed by atoms with Gasteiger partial charge in [0, 0.05) is 6.20 Å². The summed E-state index contributed by atoms with van der Waals surface area (Å²) in [7, 11) is 0. The molecule has 0 saturated carbocycles. The zero-order valence-electron chi connectivity index (χ0n) is 18.1. The van der Waals surface area contributed by atoms with E-state index in [2.05, 4.69) is 10.3 Å². The second-order valence-electron chi connectivity index (χ2n) is 8.11. The van der Waals surface area contributed by atoms with Crippen molar-refractivity contribution >= 4 is 24.1 Å². The van der Waals surface area contributed by atoms with Gasteiger partial charge in [0.2, 0.25) is 0 Å². The summed E-state index contributed by atoms with van der Waals surface area (Å²) < 4.78 is 10.5. The number of benzene rings is 1. The number of phenols is 1. The first kappa shape index (κ1) is 22.1. The Morgan fingerprint density at radius 2 is 1.87 bits per heavy atom. The lowest BCUT2D eigenvalue weighted by atomic mass is 9.96. The van der Waals surface area contributed by atoms with Crippen LogP contribution >= 0.6 is 0 Å². The largest absolute Gasteiger partial charge is 0.508 e. The average Bonchev–Trinajstić information content (AvgIpc) is 2.68. The van der Waals surface area contributed by atoms with E-state index in [9.17, 15) is 14.7 Å². The number of phenolic OH excluding ortho intramolecular Hbond substituents is 1. The number of pyridine rings is 1. The molecule has 0 radical (unpaired) electrons. The quantitative estimate of drug-likeness (QED) is 0.725. The number of ether oxygens (including phenoxy) is 2. The highest BCUT2D eigenvalue weighted by Crippen LogP contribution is 2.33. The fourth-order valence-corrected chi connectivity index (χ4v) is 3.20. The minimum atomic E-state index is -0.636. The van der Waals surface area contributed by atoms with Gasteiger partial charge in [-0.15, -0.1) is 0 Å². The Morgan fingerprint density at radius 3 is 2.52 bits per heavy atom. The van der Waals surface area contributed by atoms with Crippen molar-refractivity contribution in [2.75, 3.05) is 11.9 Å². The van der Waals surface area contributed by atoms with Crippen LogP contribution in [0.4, 0.5) is 15.4 Å². The number of anilines is 1. The Balaban J connectivity index is 1.93. The third-order valence-electron chi connectivity index (χ3n) is 4.50. The zero-order chi connectivity index (χ0) is 22.6. The molecule has 1 unspecified atom stereocenters. The standard InChI is InChI=1S/C23H27N3O5/c1-5-30-22(29)26-13-12-16-8-11-19(25-21(28)31-23(2,3)4)24-20(16)18(26)14-15-6-9-17(27)10-7-15/h6-13,18,27H,5,14H2,1-4H3,(H,24,25,28). The number of aromatic nitrogens is 1. The third kappa shape index (κ3) is 5.75. The van der Waals surface area contributed by atoms with Crippen molar-refractivity contribution in [1.82, 2.24) is 9.88 Å². The molecule has 1 aliphatic rings. The van der Waals surface area contributed by atoms with Gasteiger partial charge in [-0.1, -0.05) is 12.1 Å². The number of amides is 2. The van der Waals surface area contributed by atoms with Crippen LogP contribution in [0.5, 0.6) is 5.75 Å². The molecule has 2 aromatic rings. The molecule has 31 heavy (non-hydrogen) atoms. The third-order valence-corrected chi connectivity index (χ3v) is 4.50. The molecule has 2 heterocycles. The monoisotopic (exact) mass is 425 g/mol. The summed E-state index contributed by atoms with van der Waals surface area (Å²) in [6, 6.07) is 9.83. The Kier molecular flexibility index (Phi) is 6.48. The van der Waals surface area contributed by atoms with Gasteiger partial charge in [-0.2, -0.15) is 0 Å². The van der Waals surface area contributed by atoms with Crippen LogP contribution in [0.1, 0.15) is 50.6 Å². The molecule has 0 saturated heterocycles. The molecule has 0 spiro atoms.